The summed E-state index contributed by atoms with van der Waals surface area (Å²) in [6, 6.07) is 7.13. The fraction of sp³-hybridized carbons (Fsp3) is 0.273. The largest absolute Gasteiger partial charge is 0.464 e. The average molecular weight is 442 g/mol. The van der Waals surface area contributed by atoms with Gasteiger partial charge in [-0.25, -0.2) is 4.79 Å². The molecule has 1 N–H and O–H groups in total. The van der Waals surface area contributed by atoms with Gasteiger partial charge >= 0.3 is 5.97 Å². The first-order valence-electron chi connectivity index (χ1n) is 9.54. The number of ketones is 1. The van der Waals surface area contributed by atoms with E-state index in [0.717, 1.165) is 12.0 Å². The van der Waals surface area contributed by atoms with Crippen LogP contribution in [0.5, 0.6) is 0 Å². The van der Waals surface area contributed by atoms with Gasteiger partial charge in [0.15, 0.2) is 5.78 Å². The van der Waals surface area contributed by atoms with Crippen LogP contribution in [0.4, 0.5) is 0 Å². The molecule has 0 spiro atoms. The summed E-state index contributed by atoms with van der Waals surface area (Å²) in [7, 11) is -0.737. The van der Waals surface area contributed by atoms with E-state index in [1.54, 1.807) is 49.4 Å². The van der Waals surface area contributed by atoms with Crippen LogP contribution >= 0.6 is 0 Å². The van der Waals surface area contributed by atoms with Crippen molar-refractivity contribution in [3.05, 3.63) is 71.5 Å². The first-order valence-corrected chi connectivity index (χ1v) is 10.8. The number of carbonyl (C=O) groups excluding carboxylic acids is 4. The van der Waals surface area contributed by atoms with Crippen LogP contribution < -0.4 is 5.32 Å². The summed E-state index contributed by atoms with van der Waals surface area (Å²) in [4.78, 5) is 51.6. The molecule has 31 heavy (non-hydrogen) atoms. The molecule has 0 aliphatic carbocycles. The van der Waals surface area contributed by atoms with Gasteiger partial charge in [0.1, 0.15) is 22.4 Å². The summed E-state index contributed by atoms with van der Waals surface area (Å²) >= 11 is 0. The normalized spacial score (nSPS) is 25.4. The van der Waals surface area contributed by atoms with Crippen molar-refractivity contribution < 1.29 is 28.1 Å². The van der Waals surface area contributed by atoms with Gasteiger partial charge in [-0.2, -0.15) is 0 Å². The van der Waals surface area contributed by atoms with Crippen LogP contribution in [-0.4, -0.2) is 56.5 Å². The van der Waals surface area contributed by atoms with Crippen molar-refractivity contribution in [1.82, 2.24) is 10.2 Å². The first kappa shape index (κ1) is 22.4. The van der Waals surface area contributed by atoms with Gasteiger partial charge in [0.25, 0.3) is 11.8 Å². The zero-order valence-corrected chi connectivity index (χ0v) is 18.0. The SMILES string of the molecule is C/C=C/C=C/C(=O)[C@@H]1C(C)=C(C(=O)OC)N2C(=O)[C@@H](NC(=O)c3ccccc3)[C@H]2S1=O. The average Bonchev–Trinajstić information content (AvgIpc) is 2.77. The Morgan fingerprint density at radius 1 is 1.16 bits per heavy atom. The lowest BCUT2D eigenvalue weighted by Gasteiger charge is -2.50. The Labute approximate surface area is 182 Å². The predicted molar refractivity (Wildman–Crippen MR) is 114 cm³/mol. The van der Waals surface area contributed by atoms with Crippen LogP contribution in [0.25, 0.3) is 0 Å². The second kappa shape index (κ2) is 9.22. The zero-order chi connectivity index (χ0) is 22.7. The van der Waals surface area contributed by atoms with Crippen LogP contribution in [0, 0.1) is 0 Å². The third-order valence-corrected chi connectivity index (χ3v) is 7.05. The lowest BCUT2D eigenvalue weighted by molar-refractivity contribution is -0.150. The highest BCUT2D eigenvalue weighted by atomic mass is 32.2. The van der Waals surface area contributed by atoms with Crippen molar-refractivity contribution in [1.29, 1.82) is 0 Å². The fourth-order valence-electron chi connectivity index (χ4n) is 3.55. The lowest BCUT2D eigenvalue weighted by Crippen LogP contribution is -2.74. The number of nitrogens with zero attached hydrogens (tertiary/aromatic N) is 1. The second-order valence-electron chi connectivity index (χ2n) is 6.94. The minimum absolute atomic E-state index is 0.111. The maximum atomic E-state index is 13.3. The number of nitrogens with one attached hydrogen (secondary N) is 1. The summed E-state index contributed by atoms with van der Waals surface area (Å²) in [6.45, 7) is 3.27. The summed E-state index contributed by atoms with van der Waals surface area (Å²) in [5, 5.41) is 0.386. The van der Waals surface area contributed by atoms with Crippen LogP contribution in [0.1, 0.15) is 24.2 Å². The number of esters is 1. The number of β-lactam (4-membered cyclic amide) rings is 1. The maximum absolute atomic E-state index is 13.3. The fourth-order valence-corrected chi connectivity index (χ4v) is 5.46. The Balaban J connectivity index is 1.96. The Kier molecular flexibility index (Phi) is 6.65. The molecule has 0 saturated carbocycles. The number of allylic oxidation sites excluding steroid dienone is 4. The van der Waals surface area contributed by atoms with Crippen molar-refractivity contribution in [2.24, 2.45) is 0 Å². The minimum atomic E-state index is -1.89. The molecular weight excluding hydrogens is 420 g/mol. The number of carbonyl (C=O) groups is 4. The second-order valence-corrected chi connectivity index (χ2v) is 8.55. The molecule has 1 aromatic carbocycles. The summed E-state index contributed by atoms with van der Waals surface area (Å²) < 4.78 is 18.1. The molecule has 2 aliphatic heterocycles. The number of hydrogen-bond acceptors (Lipinski definition) is 6. The Hall–Kier alpha value is -3.33. The predicted octanol–water partition coefficient (Wildman–Crippen LogP) is 1.23. The number of ether oxygens (including phenoxy) is 1. The molecule has 2 aliphatic rings. The summed E-state index contributed by atoms with van der Waals surface area (Å²) in [6.07, 6.45) is 6.16. The van der Waals surface area contributed by atoms with Crippen LogP contribution in [0.15, 0.2) is 65.9 Å². The number of rotatable bonds is 6. The van der Waals surface area contributed by atoms with Gasteiger partial charge < -0.3 is 10.1 Å². The third kappa shape index (κ3) is 4.00. The highest BCUT2D eigenvalue weighted by Crippen LogP contribution is 2.39. The van der Waals surface area contributed by atoms with E-state index in [1.165, 1.54) is 19.1 Å². The van der Waals surface area contributed by atoms with Gasteiger partial charge in [0, 0.05) is 5.56 Å². The smallest absolute Gasteiger partial charge is 0.354 e. The van der Waals surface area contributed by atoms with E-state index < -0.39 is 51.0 Å². The summed E-state index contributed by atoms with van der Waals surface area (Å²) in [5.41, 5.74) is 0.412. The van der Waals surface area contributed by atoms with Crippen LogP contribution in [-0.2, 0) is 29.9 Å². The Morgan fingerprint density at radius 3 is 2.45 bits per heavy atom. The molecule has 1 unspecified atom stereocenters. The van der Waals surface area contributed by atoms with E-state index in [0.29, 0.717) is 5.56 Å². The molecule has 9 heteroatoms. The van der Waals surface area contributed by atoms with E-state index in [2.05, 4.69) is 5.32 Å². The number of methoxy groups -OCH3 is 1. The van der Waals surface area contributed by atoms with Crippen molar-refractivity contribution in [2.45, 2.75) is 30.5 Å². The van der Waals surface area contributed by atoms with Crippen molar-refractivity contribution in [3.8, 4) is 0 Å². The molecule has 2 heterocycles. The maximum Gasteiger partial charge on any atom is 0.354 e. The Bertz CT molecular complexity index is 1040. The number of amides is 2. The monoisotopic (exact) mass is 442 g/mol. The zero-order valence-electron chi connectivity index (χ0n) is 17.2. The van der Waals surface area contributed by atoms with Crippen LogP contribution in [0.3, 0.4) is 0 Å². The highest BCUT2D eigenvalue weighted by Gasteiger charge is 2.60. The Morgan fingerprint density at radius 2 is 1.84 bits per heavy atom. The van der Waals surface area contributed by atoms with E-state index in [9.17, 15) is 23.4 Å². The van der Waals surface area contributed by atoms with Crippen molar-refractivity contribution in [2.75, 3.05) is 7.11 Å². The summed E-state index contributed by atoms with van der Waals surface area (Å²) in [5.74, 6) is -2.38. The molecule has 3 rings (SSSR count). The molecule has 0 aromatic heterocycles. The molecule has 0 bridgehead atoms. The van der Waals surface area contributed by atoms with Gasteiger partial charge in [0.05, 0.1) is 17.9 Å². The molecular formula is C22H22N2O6S. The quantitative estimate of drug-likeness (QED) is 0.307. The molecule has 1 saturated heterocycles. The third-order valence-electron chi connectivity index (χ3n) is 5.04. The standard InChI is InChI=1S/C22H22N2O6S/c1-4-5-7-12-15(25)18-13(2)17(22(28)30-3)24-20(27)16(21(24)31(18)29)23-19(26)14-10-8-6-9-11-14/h4-12,16,18,21H,1-3H3,(H,23,26)/b5-4+,12-7+/t16-,18+,21-,31?/m1/s1. The highest BCUT2D eigenvalue weighted by molar-refractivity contribution is 7.87. The molecule has 1 fully saturated rings. The number of fused-ring (bicyclic) bond motifs is 1. The minimum Gasteiger partial charge on any atom is -0.464 e. The van der Waals surface area contributed by atoms with Crippen molar-refractivity contribution >= 4 is 34.4 Å². The topological polar surface area (TPSA) is 110 Å². The first-order chi connectivity index (χ1) is 14.8. The van der Waals surface area contributed by atoms with E-state index in [-0.39, 0.29) is 11.3 Å². The molecule has 0 radical (unpaired) electrons. The number of hydrogen-bond donors (Lipinski definition) is 1. The van der Waals surface area contributed by atoms with Crippen molar-refractivity contribution in [3.63, 3.8) is 0 Å². The molecule has 162 valence electrons. The van der Waals surface area contributed by atoms with Gasteiger partial charge in [-0.05, 0) is 37.6 Å². The molecule has 1 aromatic rings. The van der Waals surface area contributed by atoms with Crippen LogP contribution in [0.2, 0.25) is 0 Å². The molecule has 4 atom stereocenters. The van der Waals surface area contributed by atoms with Gasteiger partial charge in [-0.1, -0.05) is 36.4 Å². The molecule has 8 nitrogen and oxygen atoms in total. The number of benzene rings is 1. The van der Waals surface area contributed by atoms with E-state index in [1.807, 2.05) is 0 Å². The molecule has 2 amide bonds. The lowest BCUT2D eigenvalue weighted by atomic mass is 9.99. The van der Waals surface area contributed by atoms with E-state index in [4.69, 9.17) is 4.74 Å². The van der Waals surface area contributed by atoms with Gasteiger partial charge in [0.2, 0.25) is 0 Å². The van der Waals surface area contributed by atoms with E-state index >= 15 is 0 Å². The van der Waals surface area contributed by atoms with Gasteiger partial charge in [-0.15, -0.1) is 0 Å². The van der Waals surface area contributed by atoms with Gasteiger partial charge in [-0.3, -0.25) is 23.5 Å².